The van der Waals surface area contributed by atoms with Gasteiger partial charge in [0.15, 0.2) is 0 Å². The summed E-state index contributed by atoms with van der Waals surface area (Å²) in [5.41, 5.74) is 0.947. The van der Waals surface area contributed by atoms with Gasteiger partial charge >= 0.3 is 5.97 Å². The fraction of sp³-hybridized carbons (Fsp3) is 0.308. The summed E-state index contributed by atoms with van der Waals surface area (Å²) in [6.45, 7) is 5.68. The molecule has 0 heterocycles. The van der Waals surface area contributed by atoms with Gasteiger partial charge in [0.1, 0.15) is 0 Å². The molecule has 3 heteroatoms. The van der Waals surface area contributed by atoms with Gasteiger partial charge in [0.2, 0.25) is 0 Å². The highest BCUT2D eigenvalue weighted by Crippen LogP contribution is 2.27. The first kappa shape index (κ1) is 13.0. The molecule has 0 aliphatic carbocycles. The number of hydrogen-bond donors (Lipinski definition) is 0. The van der Waals surface area contributed by atoms with Crippen molar-refractivity contribution >= 4 is 21.9 Å². The lowest BCUT2D eigenvalue weighted by atomic mass is 9.87. The maximum absolute atomic E-state index is 11.7. The SMILES string of the molecule is C=C[C@@H](C)[C@@H](C(=O)OC)c1ccc(Br)cc1. The fourth-order valence-electron chi connectivity index (χ4n) is 1.59. The number of carbonyl (C=O) groups excluding carboxylic acids is 1. The molecule has 0 saturated heterocycles. The number of hydrogen-bond acceptors (Lipinski definition) is 2. The molecule has 0 N–H and O–H groups in total. The van der Waals surface area contributed by atoms with Crippen LogP contribution in [0.5, 0.6) is 0 Å². The van der Waals surface area contributed by atoms with Crippen LogP contribution in [-0.4, -0.2) is 13.1 Å². The first-order chi connectivity index (χ1) is 7.60. The minimum Gasteiger partial charge on any atom is -0.469 e. The summed E-state index contributed by atoms with van der Waals surface area (Å²) in [6, 6.07) is 7.68. The van der Waals surface area contributed by atoms with E-state index in [1.165, 1.54) is 7.11 Å². The zero-order chi connectivity index (χ0) is 12.1. The third-order valence-corrected chi connectivity index (χ3v) is 3.11. The van der Waals surface area contributed by atoms with E-state index in [9.17, 15) is 4.79 Å². The molecular formula is C13H15BrO2. The van der Waals surface area contributed by atoms with Gasteiger partial charge in [0, 0.05) is 4.47 Å². The summed E-state index contributed by atoms with van der Waals surface area (Å²) in [4.78, 5) is 11.7. The van der Waals surface area contributed by atoms with Crippen LogP contribution in [0.1, 0.15) is 18.4 Å². The van der Waals surface area contributed by atoms with E-state index in [1.54, 1.807) is 6.08 Å². The zero-order valence-corrected chi connectivity index (χ0v) is 11.0. The summed E-state index contributed by atoms with van der Waals surface area (Å²) in [7, 11) is 1.41. The molecular weight excluding hydrogens is 268 g/mol. The summed E-state index contributed by atoms with van der Waals surface area (Å²) < 4.78 is 5.81. The second-order valence-electron chi connectivity index (χ2n) is 3.65. The van der Waals surface area contributed by atoms with Crippen LogP contribution in [0.15, 0.2) is 41.4 Å². The van der Waals surface area contributed by atoms with Gasteiger partial charge in [-0.1, -0.05) is 41.1 Å². The number of rotatable bonds is 4. The quantitative estimate of drug-likeness (QED) is 0.624. The van der Waals surface area contributed by atoms with E-state index in [0.717, 1.165) is 10.0 Å². The molecule has 2 nitrogen and oxygen atoms in total. The van der Waals surface area contributed by atoms with E-state index >= 15 is 0 Å². The van der Waals surface area contributed by atoms with E-state index in [0.29, 0.717) is 0 Å². The third kappa shape index (κ3) is 2.95. The second-order valence-corrected chi connectivity index (χ2v) is 4.56. The molecule has 0 radical (unpaired) electrons. The zero-order valence-electron chi connectivity index (χ0n) is 9.44. The Labute approximate surface area is 104 Å². The Morgan fingerprint density at radius 3 is 2.44 bits per heavy atom. The van der Waals surface area contributed by atoms with Crippen molar-refractivity contribution in [1.82, 2.24) is 0 Å². The summed E-state index contributed by atoms with van der Waals surface area (Å²) >= 11 is 3.37. The predicted octanol–water partition coefficient (Wildman–Crippen LogP) is 3.53. The van der Waals surface area contributed by atoms with E-state index in [2.05, 4.69) is 22.5 Å². The molecule has 0 fully saturated rings. The Balaban J connectivity index is 3.05. The van der Waals surface area contributed by atoms with Gasteiger partial charge in [-0.3, -0.25) is 4.79 Å². The molecule has 0 unspecified atom stereocenters. The Morgan fingerprint density at radius 2 is 2.00 bits per heavy atom. The fourth-order valence-corrected chi connectivity index (χ4v) is 1.85. The molecule has 1 rings (SSSR count). The van der Waals surface area contributed by atoms with Crippen LogP contribution in [0, 0.1) is 5.92 Å². The predicted molar refractivity (Wildman–Crippen MR) is 68.3 cm³/mol. The highest BCUT2D eigenvalue weighted by atomic mass is 79.9. The Bertz CT molecular complexity index is 370. The van der Waals surface area contributed by atoms with Crippen molar-refractivity contribution in [1.29, 1.82) is 0 Å². The second kappa shape index (κ2) is 5.85. The number of allylic oxidation sites excluding steroid dienone is 1. The van der Waals surface area contributed by atoms with Crippen LogP contribution >= 0.6 is 15.9 Å². The number of esters is 1. The maximum Gasteiger partial charge on any atom is 0.313 e. The summed E-state index contributed by atoms with van der Waals surface area (Å²) in [5, 5.41) is 0. The lowest BCUT2D eigenvalue weighted by Crippen LogP contribution is -2.20. The first-order valence-corrected chi connectivity index (χ1v) is 5.85. The largest absolute Gasteiger partial charge is 0.469 e. The maximum atomic E-state index is 11.7. The van der Waals surface area contributed by atoms with Gasteiger partial charge in [-0.15, -0.1) is 6.58 Å². The van der Waals surface area contributed by atoms with Crippen molar-refractivity contribution in [3.05, 3.63) is 47.0 Å². The van der Waals surface area contributed by atoms with E-state index in [1.807, 2.05) is 31.2 Å². The minimum atomic E-state index is -0.282. The van der Waals surface area contributed by atoms with Crippen LogP contribution in [0.25, 0.3) is 0 Å². The molecule has 0 saturated carbocycles. The van der Waals surface area contributed by atoms with Crippen molar-refractivity contribution in [2.24, 2.45) is 5.92 Å². The molecule has 0 spiro atoms. The highest BCUT2D eigenvalue weighted by Gasteiger charge is 2.25. The van der Waals surface area contributed by atoms with Gasteiger partial charge < -0.3 is 4.74 Å². The Kier molecular flexibility index (Phi) is 4.74. The molecule has 0 aliphatic rings. The molecule has 0 aromatic heterocycles. The topological polar surface area (TPSA) is 26.3 Å². The number of methoxy groups -OCH3 is 1. The number of carbonyl (C=O) groups is 1. The van der Waals surface area contributed by atoms with E-state index < -0.39 is 0 Å². The Morgan fingerprint density at radius 1 is 1.44 bits per heavy atom. The Hall–Kier alpha value is -1.09. The van der Waals surface area contributed by atoms with Gasteiger partial charge in [0.25, 0.3) is 0 Å². The molecule has 86 valence electrons. The van der Waals surface area contributed by atoms with Gasteiger partial charge in [-0.25, -0.2) is 0 Å². The van der Waals surface area contributed by atoms with Crippen molar-refractivity contribution in [2.45, 2.75) is 12.8 Å². The third-order valence-electron chi connectivity index (χ3n) is 2.58. The monoisotopic (exact) mass is 282 g/mol. The van der Waals surface area contributed by atoms with Crippen LogP contribution in [0.3, 0.4) is 0 Å². The average molecular weight is 283 g/mol. The lowest BCUT2D eigenvalue weighted by molar-refractivity contribution is -0.143. The minimum absolute atomic E-state index is 0.0497. The molecule has 1 aromatic carbocycles. The smallest absolute Gasteiger partial charge is 0.313 e. The normalized spacial score (nSPS) is 13.9. The molecule has 2 atom stereocenters. The van der Waals surface area contributed by atoms with E-state index in [-0.39, 0.29) is 17.8 Å². The van der Waals surface area contributed by atoms with Crippen LogP contribution < -0.4 is 0 Å². The first-order valence-electron chi connectivity index (χ1n) is 5.06. The van der Waals surface area contributed by atoms with Gasteiger partial charge in [-0.2, -0.15) is 0 Å². The standard InChI is InChI=1S/C13H15BrO2/c1-4-9(2)12(13(15)16-3)10-5-7-11(14)8-6-10/h4-9,12H,1H2,2-3H3/t9-,12-/m1/s1. The molecule has 1 aromatic rings. The van der Waals surface area contributed by atoms with Crippen molar-refractivity contribution in [2.75, 3.05) is 7.11 Å². The van der Waals surface area contributed by atoms with Gasteiger partial charge in [-0.05, 0) is 23.6 Å². The number of ether oxygens (including phenoxy) is 1. The molecule has 0 amide bonds. The van der Waals surface area contributed by atoms with Crippen molar-refractivity contribution in [3.8, 4) is 0 Å². The number of halogens is 1. The van der Waals surface area contributed by atoms with Crippen LogP contribution in [0.4, 0.5) is 0 Å². The number of benzene rings is 1. The highest BCUT2D eigenvalue weighted by molar-refractivity contribution is 9.10. The molecule has 0 aliphatic heterocycles. The lowest BCUT2D eigenvalue weighted by Gasteiger charge is -2.19. The average Bonchev–Trinajstić information content (AvgIpc) is 2.31. The van der Waals surface area contributed by atoms with E-state index in [4.69, 9.17) is 4.74 Å². The molecule has 0 bridgehead atoms. The molecule has 16 heavy (non-hydrogen) atoms. The van der Waals surface area contributed by atoms with Gasteiger partial charge in [0.05, 0.1) is 13.0 Å². The summed E-state index contributed by atoms with van der Waals surface area (Å²) in [6.07, 6.45) is 1.77. The van der Waals surface area contributed by atoms with Crippen molar-refractivity contribution < 1.29 is 9.53 Å². The summed E-state index contributed by atoms with van der Waals surface area (Å²) in [5.74, 6) is -0.459. The van der Waals surface area contributed by atoms with Crippen LogP contribution in [-0.2, 0) is 9.53 Å². The van der Waals surface area contributed by atoms with Crippen LogP contribution in [0.2, 0.25) is 0 Å². The van der Waals surface area contributed by atoms with Crippen molar-refractivity contribution in [3.63, 3.8) is 0 Å².